The summed E-state index contributed by atoms with van der Waals surface area (Å²) in [5.74, 6) is -0.0117. The molecule has 0 aromatic heterocycles. The van der Waals surface area contributed by atoms with Gasteiger partial charge in [0.05, 0.1) is 10.6 Å². The Morgan fingerprint density at radius 1 is 1.50 bits per heavy atom. The third-order valence-corrected chi connectivity index (χ3v) is 3.04. The first kappa shape index (κ1) is 11.1. The summed E-state index contributed by atoms with van der Waals surface area (Å²) < 4.78 is 0. The first-order chi connectivity index (χ1) is 7.58. The van der Waals surface area contributed by atoms with Crippen LogP contribution in [-0.4, -0.2) is 22.2 Å². The molecule has 2 rings (SSSR count). The maximum atomic E-state index is 11.6. The lowest BCUT2D eigenvalue weighted by Crippen LogP contribution is -2.24. The van der Waals surface area contributed by atoms with Gasteiger partial charge in [-0.1, -0.05) is 22.0 Å². The van der Waals surface area contributed by atoms with Crippen molar-refractivity contribution in [3.63, 3.8) is 0 Å². The number of rotatable bonds is 2. The minimum atomic E-state index is -0.463. The first-order valence-corrected chi connectivity index (χ1v) is 5.68. The number of nitrogens with zero attached hydrogens (tertiary/aromatic N) is 2. The molecule has 1 unspecified atom stereocenters. The normalized spacial score (nSPS) is 20.2. The van der Waals surface area contributed by atoms with Crippen LogP contribution < -0.4 is 4.90 Å². The Hall–Kier alpha value is -1.43. The van der Waals surface area contributed by atoms with Crippen LogP contribution in [0.5, 0.6) is 0 Å². The van der Waals surface area contributed by atoms with Gasteiger partial charge in [0.1, 0.15) is 0 Å². The van der Waals surface area contributed by atoms with E-state index in [1.54, 1.807) is 17.0 Å². The number of benzene rings is 1. The van der Waals surface area contributed by atoms with Gasteiger partial charge in [-0.05, 0) is 6.07 Å². The Balaban J connectivity index is 2.30. The predicted molar refractivity (Wildman–Crippen MR) is 62.8 cm³/mol. The van der Waals surface area contributed by atoms with Gasteiger partial charge in [-0.15, -0.1) is 0 Å². The van der Waals surface area contributed by atoms with Gasteiger partial charge in [-0.3, -0.25) is 14.9 Å². The van der Waals surface area contributed by atoms with E-state index in [0.29, 0.717) is 18.7 Å². The van der Waals surface area contributed by atoms with Crippen LogP contribution in [0.15, 0.2) is 24.3 Å². The lowest BCUT2D eigenvalue weighted by molar-refractivity contribution is -0.384. The predicted octanol–water partition coefficient (Wildman–Crippen LogP) is 2.09. The number of carbonyl (C=O) groups excluding carboxylic acids is 1. The van der Waals surface area contributed by atoms with E-state index >= 15 is 0 Å². The summed E-state index contributed by atoms with van der Waals surface area (Å²) in [6.07, 6.45) is 0.433. The number of anilines is 1. The molecule has 0 saturated carbocycles. The molecule has 5 nitrogen and oxygen atoms in total. The van der Waals surface area contributed by atoms with Crippen molar-refractivity contribution in [2.24, 2.45) is 0 Å². The van der Waals surface area contributed by atoms with Gasteiger partial charge in [0.25, 0.3) is 5.69 Å². The molecule has 1 aromatic rings. The Morgan fingerprint density at radius 3 is 2.81 bits per heavy atom. The van der Waals surface area contributed by atoms with Crippen molar-refractivity contribution in [3.05, 3.63) is 34.4 Å². The highest BCUT2D eigenvalue weighted by Gasteiger charge is 2.29. The second-order valence-corrected chi connectivity index (χ2v) is 4.88. The molecule has 84 valence electrons. The van der Waals surface area contributed by atoms with E-state index in [0.717, 1.165) is 0 Å². The van der Waals surface area contributed by atoms with Crippen LogP contribution in [0.1, 0.15) is 6.42 Å². The molecule has 0 bridgehead atoms. The molecule has 1 aliphatic heterocycles. The van der Waals surface area contributed by atoms with E-state index in [9.17, 15) is 14.9 Å². The first-order valence-electron chi connectivity index (χ1n) is 4.77. The fraction of sp³-hybridized carbons (Fsp3) is 0.300. The topological polar surface area (TPSA) is 63.5 Å². The van der Waals surface area contributed by atoms with Gasteiger partial charge in [0.15, 0.2) is 0 Å². The zero-order valence-corrected chi connectivity index (χ0v) is 9.88. The van der Waals surface area contributed by atoms with Crippen LogP contribution in [0.25, 0.3) is 0 Å². The molecule has 0 radical (unpaired) electrons. The number of halogens is 1. The van der Waals surface area contributed by atoms with Gasteiger partial charge in [-0.25, -0.2) is 0 Å². The standard InChI is InChI=1S/C10H9BrN2O3/c11-7-4-10(14)12(6-7)8-2-1-3-9(5-8)13(15)16/h1-3,5,7H,4,6H2. The van der Waals surface area contributed by atoms with Crippen molar-refractivity contribution in [3.8, 4) is 0 Å². The van der Waals surface area contributed by atoms with Crippen LogP contribution >= 0.6 is 15.9 Å². The fourth-order valence-corrected chi connectivity index (χ4v) is 2.25. The van der Waals surface area contributed by atoms with Gasteiger partial charge in [-0.2, -0.15) is 0 Å². The Kier molecular flexibility index (Phi) is 2.91. The zero-order valence-electron chi connectivity index (χ0n) is 8.30. The molecule has 6 heteroatoms. The average molecular weight is 285 g/mol. The summed E-state index contributed by atoms with van der Waals surface area (Å²) in [5.41, 5.74) is 0.587. The second kappa shape index (κ2) is 4.21. The van der Waals surface area contributed by atoms with Crippen molar-refractivity contribution >= 4 is 33.2 Å². The van der Waals surface area contributed by atoms with Crippen molar-refractivity contribution in [2.75, 3.05) is 11.4 Å². The molecule has 1 amide bonds. The highest BCUT2D eigenvalue weighted by molar-refractivity contribution is 9.09. The van der Waals surface area contributed by atoms with Gasteiger partial charge < -0.3 is 4.90 Å². The average Bonchev–Trinajstić information content (AvgIpc) is 2.58. The quantitative estimate of drug-likeness (QED) is 0.475. The second-order valence-electron chi connectivity index (χ2n) is 3.58. The molecule has 1 atom stereocenters. The van der Waals surface area contributed by atoms with Crippen LogP contribution in [0.3, 0.4) is 0 Å². The molecule has 16 heavy (non-hydrogen) atoms. The summed E-state index contributed by atoms with van der Waals surface area (Å²) in [5, 5.41) is 10.6. The van der Waals surface area contributed by atoms with Crippen molar-refractivity contribution in [1.29, 1.82) is 0 Å². The summed E-state index contributed by atoms with van der Waals surface area (Å²) in [6.45, 7) is 0.556. The van der Waals surface area contributed by atoms with Crippen LogP contribution in [-0.2, 0) is 4.79 Å². The van der Waals surface area contributed by atoms with Crippen LogP contribution in [0, 0.1) is 10.1 Å². The number of alkyl halides is 1. The number of nitro groups is 1. The lowest BCUT2D eigenvalue weighted by Gasteiger charge is -2.15. The summed E-state index contributed by atoms with van der Waals surface area (Å²) in [6, 6.07) is 6.12. The molecular weight excluding hydrogens is 276 g/mol. The van der Waals surface area contributed by atoms with E-state index in [4.69, 9.17) is 0 Å². The van der Waals surface area contributed by atoms with Crippen molar-refractivity contribution < 1.29 is 9.72 Å². The summed E-state index contributed by atoms with van der Waals surface area (Å²) in [4.78, 5) is 23.4. The lowest BCUT2D eigenvalue weighted by atomic mass is 10.2. The minimum absolute atomic E-state index is 0.00308. The highest BCUT2D eigenvalue weighted by atomic mass is 79.9. The largest absolute Gasteiger partial charge is 0.311 e. The monoisotopic (exact) mass is 284 g/mol. The van der Waals surface area contributed by atoms with E-state index < -0.39 is 4.92 Å². The molecule has 0 aliphatic carbocycles. The van der Waals surface area contributed by atoms with Gasteiger partial charge in [0, 0.05) is 29.9 Å². The van der Waals surface area contributed by atoms with E-state index in [2.05, 4.69) is 15.9 Å². The molecule has 1 aromatic carbocycles. The summed E-state index contributed by atoms with van der Waals surface area (Å²) in [7, 11) is 0. The number of carbonyl (C=O) groups is 1. The molecular formula is C10H9BrN2O3. The minimum Gasteiger partial charge on any atom is -0.311 e. The van der Waals surface area contributed by atoms with Crippen molar-refractivity contribution in [2.45, 2.75) is 11.2 Å². The maximum Gasteiger partial charge on any atom is 0.271 e. The molecule has 0 N–H and O–H groups in total. The number of amides is 1. The number of non-ortho nitro benzene ring substituents is 1. The van der Waals surface area contributed by atoms with Crippen LogP contribution in [0.4, 0.5) is 11.4 Å². The van der Waals surface area contributed by atoms with Gasteiger partial charge in [0.2, 0.25) is 5.91 Å². The van der Waals surface area contributed by atoms with E-state index in [1.807, 2.05) is 0 Å². The Morgan fingerprint density at radius 2 is 2.25 bits per heavy atom. The number of nitro benzene ring substituents is 1. The van der Waals surface area contributed by atoms with Crippen LogP contribution in [0.2, 0.25) is 0 Å². The third-order valence-electron chi connectivity index (χ3n) is 2.43. The number of hydrogen-bond acceptors (Lipinski definition) is 3. The molecule has 0 spiro atoms. The molecule has 1 heterocycles. The Labute approximate surface area is 100 Å². The molecule has 1 fully saturated rings. The van der Waals surface area contributed by atoms with E-state index in [-0.39, 0.29) is 16.4 Å². The number of hydrogen-bond donors (Lipinski definition) is 0. The zero-order chi connectivity index (χ0) is 11.7. The Bertz CT molecular complexity index is 449. The summed E-state index contributed by atoms with van der Waals surface area (Å²) >= 11 is 3.37. The van der Waals surface area contributed by atoms with E-state index in [1.165, 1.54) is 12.1 Å². The highest BCUT2D eigenvalue weighted by Crippen LogP contribution is 2.27. The van der Waals surface area contributed by atoms with Gasteiger partial charge >= 0.3 is 0 Å². The third kappa shape index (κ3) is 2.06. The molecule has 1 saturated heterocycles. The van der Waals surface area contributed by atoms with Crippen molar-refractivity contribution in [1.82, 2.24) is 0 Å². The maximum absolute atomic E-state index is 11.6. The smallest absolute Gasteiger partial charge is 0.271 e. The molecule has 1 aliphatic rings. The SMILES string of the molecule is O=C1CC(Br)CN1c1cccc([N+](=O)[O-])c1. The fourth-order valence-electron chi connectivity index (χ4n) is 1.69.